The van der Waals surface area contributed by atoms with Crippen LogP contribution in [0.1, 0.15) is 128 Å². The summed E-state index contributed by atoms with van der Waals surface area (Å²) < 4.78 is 0. The monoisotopic (exact) mass is 698 g/mol. The van der Waals surface area contributed by atoms with Crippen molar-refractivity contribution in [3.05, 3.63) is 27.7 Å². The van der Waals surface area contributed by atoms with E-state index in [1.807, 2.05) is 27.7 Å². The van der Waals surface area contributed by atoms with E-state index in [4.69, 9.17) is 0 Å². The predicted molar refractivity (Wildman–Crippen MR) is 137 cm³/mol. The Morgan fingerprint density at radius 2 is 0.464 bits per heavy atom. The van der Waals surface area contributed by atoms with Crippen LogP contribution < -0.4 is 233 Å². The Morgan fingerprint density at radius 1 is 0.464 bits per heavy atom. The summed E-state index contributed by atoms with van der Waals surface area (Å²) in [5.74, 6) is 1.17. The summed E-state index contributed by atoms with van der Waals surface area (Å²) in [6, 6.07) is 0. The van der Waals surface area contributed by atoms with E-state index >= 15 is 0 Å². The van der Waals surface area contributed by atoms with Crippen LogP contribution >= 0.6 is 0 Å². The average Bonchev–Trinajstić information content (AvgIpc) is 2.07. The van der Waals surface area contributed by atoms with Gasteiger partial charge in [0.15, 0.2) is 0 Å². The summed E-state index contributed by atoms with van der Waals surface area (Å²) in [5.41, 5.74) is 0. The third-order valence-corrected chi connectivity index (χ3v) is 0. The van der Waals surface area contributed by atoms with Crippen LogP contribution in [0.5, 0.6) is 0 Å². The Balaban J connectivity index is -0.00000000329. The summed E-state index contributed by atoms with van der Waals surface area (Å²) in [5, 5.41) is 0. The quantitative estimate of drug-likeness (QED) is 0.301. The van der Waals surface area contributed by atoms with Crippen molar-refractivity contribution < 1.29 is 233 Å². The Morgan fingerprint density at radius 3 is 0.464 bits per heavy atom. The summed E-state index contributed by atoms with van der Waals surface area (Å²) in [6.45, 7) is 30.5. The summed E-state index contributed by atoms with van der Waals surface area (Å²) in [6.07, 6.45) is 2.00. The maximum Gasteiger partial charge on any atom is 1.00 e. The molecule has 0 aromatic heterocycles. The van der Waals surface area contributed by atoms with Gasteiger partial charge in [0.2, 0.25) is 0 Å². The largest absolute Gasteiger partial charge is 1.00 e. The smallest absolute Gasteiger partial charge is 0.344 e. The molecular formula is C24H70Rb4. The van der Waals surface area contributed by atoms with Gasteiger partial charge < -0.3 is 27.7 Å². The van der Waals surface area contributed by atoms with Gasteiger partial charge in [-0.25, -0.2) is 0 Å². The summed E-state index contributed by atoms with van der Waals surface area (Å²) in [7, 11) is 0. The molecule has 170 valence electrons. The molecule has 28 heavy (non-hydrogen) atoms. The van der Waals surface area contributed by atoms with Gasteiger partial charge in [-0.15, -0.1) is 0 Å². The zero-order valence-electron chi connectivity index (χ0n) is 17.4. The second-order valence-corrected chi connectivity index (χ2v) is 3.79. The molecule has 0 rings (SSSR count). The SMILES string of the molecule is C.C.C.C.C.C.C.C.CC.[CH2-]C(C)C.[CH2-]C(C)C.[CH2-]CC.[CH2-]CC.[Rb+].[Rb+].[Rb+].[Rb+]. The molecule has 0 aliphatic carbocycles. The van der Waals surface area contributed by atoms with Gasteiger partial charge in [0.1, 0.15) is 0 Å². The second-order valence-electron chi connectivity index (χ2n) is 3.79. The fourth-order valence-corrected chi connectivity index (χ4v) is 0. The van der Waals surface area contributed by atoms with Crippen LogP contribution in [0.4, 0.5) is 0 Å². The molecule has 0 heterocycles. The minimum Gasteiger partial charge on any atom is -0.344 e. The molecule has 0 aliphatic rings. The minimum absolute atomic E-state index is 0. The second kappa shape index (κ2) is 163. The number of hydrogen-bond donors (Lipinski definition) is 0. The van der Waals surface area contributed by atoms with E-state index < -0.39 is 0 Å². The van der Waals surface area contributed by atoms with Crippen LogP contribution in [0.3, 0.4) is 0 Å². The fourth-order valence-electron chi connectivity index (χ4n) is 0. The molecule has 4 heteroatoms. The predicted octanol–water partition coefficient (Wildman–Crippen LogP) is -0.455. The zero-order valence-corrected chi connectivity index (χ0v) is 37.1. The molecule has 0 nitrogen and oxygen atoms in total. The van der Waals surface area contributed by atoms with Crippen molar-refractivity contribution in [2.24, 2.45) is 11.8 Å². The van der Waals surface area contributed by atoms with Gasteiger partial charge in [0.25, 0.3) is 0 Å². The normalized spacial score (nSPS) is 4.07. The first kappa shape index (κ1) is 124. The van der Waals surface area contributed by atoms with Crippen molar-refractivity contribution in [3.8, 4) is 0 Å². The van der Waals surface area contributed by atoms with Gasteiger partial charge in [-0.05, 0) is 0 Å². The maximum absolute atomic E-state index is 3.64. The molecule has 0 saturated heterocycles. The van der Waals surface area contributed by atoms with E-state index in [-0.39, 0.29) is 292 Å². The third-order valence-electron chi connectivity index (χ3n) is 0. The topological polar surface area (TPSA) is 0 Å². The van der Waals surface area contributed by atoms with E-state index in [2.05, 4.69) is 55.4 Å². The average molecular weight is 701 g/mol. The van der Waals surface area contributed by atoms with Crippen molar-refractivity contribution in [2.75, 3.05) is 0 Å². The zero-order chi connectivity index (χ0) is 14.6. The molecule has 0 atom stereocenters. The maximum atomic E-state index is 3.64. The van der Waals surface area contributed by atoms with Crippen LogP contribution in [0.15, 0.2) is 0 Å². The van der Waals surface area contributed by atoms with Crippen LogP contribution in [0, 0.1) is 39.5 Å². The summed E-state index contributed by atoms with van der Waals surface area (Å²) in [4.78, 5) is 0. The first-order valence-corrected chi connectivity index (χ1v) is 6.54. The van der Waals surface area contributed by atoms with Crippen LogP contribution in [0.25, 0.3) is 0 Å². The third kappa shape index (κ3) is 661. The summed E-state index contributed by atoms with van der Waals surface area (Å²) >= 11 is 0. The first-order chi connectivity index (χ1) is 7.29. The van der Waals surface area contributed by atoms with Gasteiger partial charge >= 0.3 is 233 Å². The Hall–Kier alpha value is 7.22. The molecule has 0 radical (unpaired) electrons. The molecule has 0 fully saturated rings. The molecular weight excluding hydrogens is 630 g/mol. The van der Waals surface area contributed by atoms with Crippen LogP contribution in [-0.4, -0.2) is 0 Å². The molecule has 0 aromatic rings. The van der Waals surface area contributed by atoms with Crippen molar-refractivity contribution in [2.45, 2.75) is 128 Å². The van der Waals surface area contributed by atoms with E-state index in [9.17, 15) is 0 Å². The van der Waals surface area contributed by atoms with Crippen molar-refractivity contribution in [1.82, 2.24) is 0 Å². The van der Waals surface area contributed by atoms with Gasteiger partial charge in [-0.3, -0.25) is 0 Å². The van der Waals surface area contributed by atoms with Crippen molar-refractivity contribution in [1.29, 1.82) is 0 Å². The molecule has 0 N–H and O–H groups in total. The van der Waals surface area contributed by atoms with E-state index in [1.54, 1.807) is 0 Å². The van der Waals surface area contributed by atoms with E-state index in [0.29, 0.717) is 11.8 Å². The first-order valence-electron chi connectivity index (χ1n) is 6.54. The van der Waals surface area contributed by atoms with E-state index in [1.165, 1.54) is 0 Å². The van der Waals surface area contributed by atoms with Crippen LogP contribution in [0.2, 0.25) is 0 Å². The molecule has 0 saturated carbocycles. The van der Waals surface area contributed by atoms with Gasteiger partial charge in [0.05, 0.1) is 0 Å². The fraction of sp³-hybridized carbons (Fsp3) is 0.833. The molecule has 0 spiro atoms. The Kier molecular flexibility index (Phi) is 723. The molecule has 0 bridgehead atoms. The van der Waals surface area contributed by atoms with Gasteiger partial charge in [-0.1, -0.05) is 115 Å². The number of hydrogen-bond acceptors (Lipinski definition) is 0. The van der Waals surface area contributed by atoms with Gasteiger partial charge in [0, 0.05) is 0 Å². The minimum atomic E-state index is 0. The number of rotatable bonds is 0. The van der Waals surface area contributed by atoms with Crippen molar-refractivity contribution in [3.63, 3.8) is 0 Å². The molecule has 0 aromatic carbocycles. The van der Waals surface area contributed by atoms with Crippen LogP contribution in [-0.2, 0) is 0 Å². The Bertz CT molecular complexity index is 47.1. The van der Waals surface area contributed by atoms with E-state index in [0.717, 1.165) is 12.8 Å². The molecule has 0 unspecified atom stereocenters. The molecule has 0 amide bonds. The van der Waals surface area contributed by atoms with Gasteiger partial charge in [-0.2, -0.15) is 24.7 Å². The molecule has 0 aliphatic heterocycles. The standard InChI is InChI=1S/2C4H9.2C3H7.C2H6.8CH4.4Rb/c2*1-4(2)3;2*1-3-2;1-2;;;;;;;;;;;;/h2*4H,1H2,2-3H3;2*1,3H2,2H3;1-2H3;8*1H4;;;;/q4*-1;;;;;;;;;;4*+1. The van der Waals surface area contributed by atoms with Crippen molar-refractivity contribution >= 4 is 0 Å². The Labute approximate surface area is 388 Å².